The Kier molecular flexibility index (Phi) is 5.41. The molecule has 11 heteroatoms. The highest BCUT2D eigenvalue weighted by Crippen LogP contribution is 2.42. The third-order valence-corrected chi connectivity index (χ3v) is 8.08. The van der Waals surface area contributed by atoms with Crippen LogP contribution in [0.1, 0.15) is 12.5 Å². The molecule has 2 N–H and O–H groups in total. The number of hydrogen-bond acceptors (Lipinski definition) is 7. The van der Waals surface area contributed by atoms with Gasteiger partial charge in [0.2, 0.25) is 5.91 Å². The zero-order valence-corrected chi connectivity index (χ0v) is 18.4. The first-order chi connectivity index (χ1) is 14.2. The Morgan fingerprint density at radius 3 is 2.90 bits per heavy atom. The molecule has 1 aromatic heterocycles. The lowest BCUT2D eigenvalue weighted by molar-refractivity contribution is -0.157. The highest BCUT2D eigenvalue weighted by Gasteiger charge is 2.56. The van der Waals surface area contributed by atoms with Crippen molar-refractivity contribution >= 4 is 68.3 Å². The Hall–Kier alpha value is -2.30. The van der Waals surface area contributed by atoms with Gasteiger partial charge in [-0.3, -0.25) is 14.4 Å². The third-order valence-electron chi connectivity index (χ3n) is 5.23. The van der Waals surface area contributed by atoms with Gasteiger partial charge in [0.15, 0.2) is 5.71 Å². The first-order valence-electron chi connectivity index (χ1n) is 9.00. The number of nitrogens with zero attached hydrogens (tertiary/aromatic N) is 2. The monoisotopic (exact) mass is 467 g/mol. The van der Waals surface area contributed by atoms with E-state index in [0.717, 1.165) is 10.1 Å². The number of thioether (sulfide) groups is 1. The van der Waals surface area contributed by atoms with Gasteiger partial charge in [0.25, 0.3) is 5.91 Å². The van der Waals surface area contributed by atoms with Crippen molar-refractivity contribution < 1.29 is 24.3 Å². The minimum atomic E-state index is -0.995. The molecule has 2 unspecified atom stereocenters. The van der Waals surface area contributed by atoms with E-state index in [-0.39, 0.29) is 23.5 Å². The minimum Gasteiger partial charge on any atom is -0.481 e. The predicted octanol–water partition coefficient (Wildman–Crippen LogP) is 2.40. The molecule has 2 aromatic rings. The third kappa shape index (κ3) is 3.42. The van der Waals surface area contributed by atoms with Crippen molar-refractivity contribution in [2.75, 3.05) is 19.4 Å². The number of carboxylic acid groups (broad SMARTS) is 1. The van der Waals surface area contributed by atoms with Crippen LogP contribution >= 0.6 is 34.7 Å². The predicted molar refractivity (Wildman–Crippen MR) is 116 cm³/mol. The van der Waals surface area contributed by atoms with Gasteiger partial charge in [-0.05, 0) is 19.1 Å². The molecule has 2 fully saturated rings. The van der Waals surface area contributed by atoms with Gasteiger partial charge in [0.05, 0.1) is 5.41 Å². The molecule has 0 radical (unpaired) electrons. The number of rotatable bonds is 5. The van der Waals surface area contributed by atoms with E-state index < -0.39 is 23.3 Å². The molecule has 2 amide bonds. The van der Waals surface area contributed by atoms with E-state index in [2.05, 4.69) is 10.5 Å². The molecular formula is C19H18ClN3O5S2. The van der Waals surface area contributed by atoms with E-state index in [1.807, 2.05) is 6.07 Å². The van der Waals surface area contributed by atoms with Gasteiger partial charge >= 0.3 is 5.97 Å². The minimum absolute atomic E-state index is 0.0634. The van der Waals surface area contributed by atoms with Crippen molar-refractivity contribution in [1.29, 1.82) is 0 Å². The molecule has 0 spiro atoms. The normalized spacial score (nSPS) is 26.2. The SMILES string of the molecule is CON=C(C(=O)NC1C(=O)N2CC(C)(C(=O)O)CS[C@H]12)c1csc2cc(Cl)ccc12. The molecule has 8 nitrogen and oxygen atoms in total. The number of amides is 2. The second-order valence-electron chi connectivity index (χ2n) is 7.40. The number of carbonyl (C=O) groups is 3. The molecule has 0 saturated carbocycles. The van der Waals surface area contributed by atoms with Crippen LogP contribution in [0.4, 0.5) is 0 Å². The maximum atomic E-state index is 13.0. The number of carbonyl (C=O) groups excluding carboxylic acids is 2. The van der Waals surface area contributed by atoms with Gasteiger partial charge in [0.1, 0.15) is 18.5 Å². The molecule has 2 saturated heterocycles. The van der Waals surface area contributed by atoms with Crippen molar-refractivity contribution in [2.45, 2.75) is 18.3 Å². The van der Waals surface area contributed by atoms with Gasteiger partial charge in [-0.25, -0.2) is 0 Å². The number of benzene rings is 1. The van der Waals surface area contributed by atoms with E-state index in [4.69, 9.17) is 16.4 Å². The second-order valence-corrected chi connectivity index (χ2v) is 9.85. The number of thiophene rings is 1. The quantitative estimate of drug-likeness (QED) is 0.397. The summed E-state index contributed by atoms with van der Waals surface area (Å²) in [6.07, 6.45) is 0. The van der Waals surface area contributed by atoms with E-state index in [1.54, 1.807) is 24.4 Å². The highest BCUT2D eigenvalue weighted by molar-refractivity contribution is 8.00. The number of β-lactam (4-membered cyclic amide) rings is 1. The average molecular weight is 468 g/mol. The smallest absolute Gasteiger partial charge is 0.312 e. The van der Waals surface area contributed by atoms with Crippen LogP contribution in [0, 0.1) is 5.41 Å². The van der Waals surface area contributed by atoms with Crippen LogP contribution in [0.2, 0.25) is 5.02 Å². The first-order valence-corrected chi connectivity index (χ1v) is 11.3. The lowest BCUT2D eigenvalue weighted by Gasteiger charge is -2.53. The molecule has 2 aliphatic heterocycles. The second kappa shape index (κ2) is 7.75. The topological polar surface area (TPSA) is 108 Å². The van der Waals surface area contributed by atoms with Crippen LogP contribution in [0.3, 0.4) is 0 Å². The molecule has 0 aliphatic carbocycles. The van der Waals surface area contributed by atoms with Crippen LogP contribution in [0.5, 0.6) is 0 Å². The van der Waals surface area contributed by atoms with Crippen molar-refractivity contribution in [2.24, 2.45) is 10.6 Å². The lowest BCUT2D eigenvalue weighted by atomic mass is 9.89. The number of carboxylic acids is 1. The molecule has 3 heterocycles. The van der Waals surface area contributed by atoms with Gasteiger partial charge in [-0.1, -0.05) is 22.8 Å². The molecule has 30 heavy (non-hydrogen) atoms. The van der Waals surface area contributed by atoms with E-state index in [0.29, 0.717) is 16.3 Å². The lowest BCUT2D eigenvalue weighted by Crippen LogP contribution is -2.73. The largest absolute Gasteiger partial charge is 0.481 e. The zero-order valence-electron chi connectivity index (χ0n) is 16.0. The van der Waals surface area contributed by atoms with Crippen molar-refractivity contribution in [1.82, 2.24) is 10.2 Å². The van der Waals surface area contributed by atoms with Crippen LogP contribution in [-0.4, -0.2) is 64.3 Å². The van der Waals surface area contributed by atoms with E-state index >= 15 is 0 Å². The summed E-state index contributed by atoms with van der Waals surface area (Å²) in [6, 6.07) is 4.61. The Labute approximate surface area is 185 Å². The standard InChI is InChI=1S/C19H18ClN3O5S2/c1-19(18(26)27)7-23-16(25)14(17(23)30-8-19)21-15(24)13(22-28-2)11-6-29-12-5-9(20)3-4-10(11)12/h3-6,14,17H,7-8H2,1-2H3,(H,21,24)(H,26,27)/t14?,17-,19?/m1/s1. The van der Waals surface area contributed by atoms with Crippen molar-refractivity contribution in [3.8, 4) is 0 Å². The molecule has 1 aromatic carbocycles. The van der Waals surface area contributed by atoms with E-state index in [9.17, 15) is 19.5 Å². The molecule has 0 bridgehead atoms. The number of hydrogen-bond donors (Lipinski definition) is 2. The van der Waals surface area contributed by atoms with Crippen LogP contribution in [-0.2, 0) is 19.2 Å². The number of halogens is 1. The van der Waals surface area contributed by atoms with Gasteiger partial charge < -0.3 is 20.2 Å². The Morgan fingerprint density at radius 1 is 1.43 bits per heavy atom. The summed E-state index contributed by atoms with van der Waals surface area (Å²) in [5.74, 6) is -1.41. The first kappa shape index (κ1) is 21.0. The number of nitrogens with one attached hydrogen (secondary N) is 1. The summed E-state index contributed by atoms with van der Waals surface area (Å²) < 4.78 is 0.899. The summed E-state index contributed by atoms with van der Waals surface area (Å²) in [7, 11) is 1.35. The van der Waals surface area contributed by atoms with Crippen LogP contribution in [0.25, 0.3) is 10.1 Å². The fourth-order valence-electron chi connectivity index (χ4n) is 3.53. The number of fused-ring (bicyclic) bond motifs is 2. The molecular weight excluding hydrogens is 450 g/mol. The number of aliphatic carboxylic acids is 1. The Morgan fingerprint density at radius 2 is 2.20 bits per heavy atom. The summed E-state index contributed by atoms with van der Waals surface area (Å²) in [5.41, 5.74) is -0.344. The van der Waals surface area contributed by atoms with Gasteiger partial charge in [-0.2, -0.15) is 0 Å². The Balaban J connectivity index is 1.53. The van der Waals surface area contributed by atoms with E-state index in [1.165, 1.54) is 35.1 Å². The number of oxime groups is 1. The van der Waals surface area contributed by atoms with Gasteiger partial charge in [-0.15, -0.1) is 23.1 Å². The maximum Gasteiger partial charge on any atom is 0.312 e. The van der Waals surface area contributed by atoms with Crippen molar-refractivity contribution in [3.05, 3.63) is 34.2 Å². The van der Waals surface area contributed by atoms with Gasteiger partial charge in [0, 0.05) is 38.3 Å². The molecule has 4 rings (SSSR count). The summed E-state index contributed by atoms with van der Waals surface area (Å²) in [4.78, 5) is 43.4. The summed E-state index contributed by atoms with van der Waals surface area (Å²) >= 11 is 8.82. The average Bonchev–Trinajstić information content (AvgIpc) is 3.12. The molecule has 158 valence electrons. The van der Waals surface area contributed by atoms with Crippen molar-refractivity contribution in [3.63, 3.8) is 0 Å². The fourth-order valence-corrected chi connectivity index (χ4v) is 6.24. The Bertz CT molecular complexity index is 1090. The maximum absolute atomic E-state index is 13.0. The zero-order chi connectivity index (χ0) is 21.6. The molecule has 3 atom stereocenters. The highest BCUT2D eigenvalue weighted by atomic mass is 35.5. The summed E-state index contributed by atoms with van der Waals surface area (Å²) in [5, 5.41) is 18.9. The fraction of sp³-hybridized carbons (Fsp3) is 0.368. The van der Waals surface area contributed by atoms with Crippen LogP contribution in [0.15, 0.2) is 28.7 Å². The van der Waals surface area contributed by atoms with Crippen LogP contribution < -0.4 is 5.32 Å². The summed E-state index contributed by atoms with van der Waals surface area (Å²) in [6.45, 7) is 1.75. The molecule has 2 aliphatic rings.